The predicted molar refractivity (Wildman–Crippen MR) is 118 cm³/mol. The van der Waals surface area contributed by atoms with Gasteiger partial charge in [0.2, 0.25) is 5.91 Å². The number of carbonyl (C=O) groups excluding carboxylic acids is 2. The van der Waals surface area contributed by atoms with Gasteiger partial charge in [0, 0.05) is 12.2 Å². The van der Waals surface area contributed by atoms with Crippen molar-refractivity contribution in [3.63, 3.8) is 0 Å². The molecular formula is C25H31NO4. The zero-order valence-corrected chi connectivity index (χ0v) is 17.9. The average molecular weight is 410 g/mol. The van der Waals surface area contributed by atoms with Crippen molar-refractivity contribution >= 4 is 17.6 Å². The molecule has 160 valence electrons. The summed E-state index contributed by atoms with van der Waals surface area (Å²) in [6.45, 7) is 5.56. The molecule has 30 heavy (non-hydrogen) atoms. The Kier molecular flexibility index (Phi) is 7.89. The van der Waals surface area contributed by atoms with Gasteiger partial charge in [0.25, 0.3) is 0 Å². The van der Waals surface area contributed by atoms with Crippen LogP contribution in [-0.4, -0.2) is 25.0 Å². The van der Waals surface area contributed by atoms with Crippen LogP contribution in [0.3, 0.4) is 0 Å². The van der Waals surface area contributed by atoms with Crippen LogP contribution in [0.2, 0.25) is 0 Å². The molecule has 3 rings (SSSR count). The molecule has 0 aliphatic carbocycles. The van der Waals surface area contributed by atoms with Crippen molar-refractivity contribution in [3.05, 3.63) is 54.1 Å². The van der Waals surface area contributed by atoms with Crippen LogP contribution in [0, 0.1) is 5.92 Å². The van der Waals surface area contributed by atoms with Gasteiger partial charge in [-0.05, 0) is 55.0 Å². The summed E-state index contributed by atoms with van der Waals surface area (Å²) in [4.78, 5) is 25.9. The van der Waals surface area contributed by atoms with E-state index in [1.165, 1.54) is 32.1 Å². The summed E-state index contributed by atoms with van der Waals surface area (Å²) in [6.07, 6.45) is 7.36. The molecule has 5 heteroatoms. The van der Waals surface area contributed by atoms with Gasteiger partial charge in [-0.15, -0.1) is 0 Å². The lowest BCUT2D eigenvalue weighted by Gasteiger charge is -2.36. The molecule has 0 aromatic heterocycles. The van der Waals surface area contributed by atoms with Crippen molar-refractivity contribution in [2.24, 2.45) is 5.92 Å². The van der Waals surface area contributed by atoms with Crippen LogP contribution in [0.15, 0.2) is 48.5 Å². The Balaban J connectivity index is 1.42. The van der Waals surface area contributed by atoms with Crippen LogP contribution >= 0.6 is 0 Å². The molecule has 0 saturated carbocycles. The fourth-order valence-electron chi connectivity index (χ4n) is 3.45. The molecule has 0 radical (unpaired) electrons. The number of hydrogen-bond acceptors (Lipinski definition) is 4. The van der Waals surface area contributed by atoms with Gasteiger partial charge in [-0.2, -0.15) is 0 Å². The standard InChI is InChI=1S/C25H31NO4/c1-3-4-5-6-7-8-17-29-22-13-9-20(10-14-22)25(28)30-23-15-11-21(12-16-23)26-18-19(2)24(26)27/h9-16,19H,3-8,17-18H2,1-2H3/t19-/m1/s1. The highest BCUT2D eigenvalue weighted by Crippen LogP contribution is 2.27. The van der Waals surface area contributed by atoms with E-state index in [4.69, 9.17) is 9.47 Å². The first kappa shape index (κ1) is 21.9. The highest BCUT2D eigenvalue weighted by molar-refractivity contribution is 6.01. The summed E-state index contributed by atoms with van der Waals surface area (Å²) in [6, 6.07) is 14.0. The van der Waals surface area contributed by atoms with Crippen molar-refractivity contribution in [1.29, 1.82) is 0 Å². The topological polar surface area (TPSA) is 55.8 Å². The summed E-state index contributed by atoms with van der Waals surface area (Å²) in [5.74, 6) is 1.00. The lowest BCUT2D eigenvalue weighted by Crippen LogP contribution is -2.51. The van der Waals surface area contributed by atoms with Gasteiger partial charge in [0.15, 0.2) is 0 Å². The molecule has 0 N–H and O–H groups in total. The van der Waals surface area contributed by atoms with E-state index in [-0.39, 0.29) is 11.8 Å². The second-order valence-electron chi connectivity index (χ2n) is 7.87. The Morgan fingerprint density at radius 1 is 0.933 bits per heavy atom. The Morgan fingerprint density at radius 3 is 2.20 bits per heavy atom. The van der Waals surface area contributed by atoms with Crippen molar-refractivity contribution in [3.8, 4) is 11.5 Å². The first-order valence-electron chi connectivity index (χ1n) is 10.9. The van der Waals surface area contributed by atoms with E-state index < -0.39 is 5.97 Å². The molecule has 2 aromatic rings. The minimum Gasteiger partial charge on any atom is -0.494 e. The molecule has 0 spiro atoms. The quantitative estimate of drug-likeness (QED) is 0.209. The molecule has 1 heterocycles. The Hall–Kier alpha value is -2.82. The Bertz CT molecular complexity index is 829. The number of esters is 1. The number of unbranched alkanes of at least 4 members (excludes halogenated alkanes) is 5. The first-order chi connectivity index (χ1) is 14.6. The van der Waals surface area contributed by atoms with Gasteiger partial charge < -0.3 is 14.4 Å². The van der Waals surface area contributed by atoms with Gasteiger partial charge in [0.1, 0.15) is 11.5 Å². The normalized spacial score (nSPS) is 15.6. The van der Waals surface area contributed by atoms with E-state index in [2.05, 4.69) is 6.92 Å². The fourth-order valence-corrected chi connectivity index (χ4v) is 3.45. The summed E-state index contributed by atoms with van der Waals surface area (Å²) in [5.41, 5.74) is 1.29. The number of anilines is 1. The maximum absolute atomic E-state index is 12.4. The SMILES string of the molecule is CCCCCCCCOc1ccc(C(=O)Oc2ccc(N3C[C@@H](C)C3=O)cc2)cc1. The molecule has 1 aliphatic rings. The molecule has 2 aromatic carbocycles. The van der Waals surface area contributed by atoms with E-state index in [9.17, 15) is 9.59 Å². The fraction of sp³-hybridized carbons (Fsp3) is 0.440. The highest BCUT2D eigenvalue weighted by Gasteiger charge is 2.33. The number of β-lactam (4-membered cyclic amide) rings is 1. The van der Waals surface area contributed by atoms with E-state index in [1.807, 2.05) is 6.92 Å². The second kappa shape index (κ2) is 10.8. The Morgan fingerprint density at radius 2 is 1.57 bits per heavy atom. The third-order valence-electron chi connectivity index (χ3n) is 5.36. The predicted octanol–water partition coefficient (Wildman–Crippen LogP) is 5.63. The van der Waals surface area contributed by atoms with Crippen molar-refractivity contribution in [2.75, 3.05) is 18.1 Å². The molecule has 0 unspecified atom stereocenters. The number of ether oxygens (including phenoxy) is 2. The lowest BCUT2D eigenvalue weighted by molar-refractivity contribution is -0.126. The number of hydrogen-bond donors (Lipinski definition) is 0. The van der Waals surface area contributed by atoms with Crippen LogP contribution in [-0.2, 0) is 4.79 Å². The molecule has 1 fully saturated rings. The number of nitrogens with zero attached hydrogens (tertiary/aromatic N) is 1. The summed E-state index contributed by atoms with van der Waals surface area (Å²) in [7, 11) is 0. The maximum atomic E-state index is 12.4. The summed E-state index contributed by atoms with van der Waals surface area (Å²) in [5, 5.41) is 0. The van der Waals surface area contributed by atoms with Crippen LogP contribution in [0.1, 0.15) is 62.7 Å². The lowest BCUT2D eigenvalue weighted by atomic mass is 10.0. The summed E-state index contributed by atoms with van der Waals surface area (Å²) < 4.78 is 11.2. The number of amides is 1. The largest absolute Gasteiger partial charge is 0.494 e. The number of benzene rings is 2. The third-order valence-corrected chi connectivity index (χ3v) is 5.36. The molecular weight excluding hydrogens is 378 g/mol. The maximum Gasteiger partial charge on any atom is 0.343 e. The number of carbonyl (C=O) groups is 2. The van der Waals surface area contributed by atoms with E-state index in [0.717, 1.165) is 24.4 Å². The molecule has 0 bridgehead atoms. The van der Waals surface area contributed by atoms with Crippen LogP contribution in [0.25, 0.3) is 0 Å². The Labute approximate surface area is 179 Å². The van der Waals surface area contributed by atoms with Crippen LogP contribution < -0.4 is 14.4 Å². The second-order valence-corrected chi connectivity index (χ2v) is 7.87. The third kappa shape index (κ3) is 5.85. The van der Waals surface area contributed by atoms with Gasteiger partial charge >= 0.3 is 5.97 Å². The van der Waals surface area contributed by atoms with Gasteiger partial charge in [0.05, 0.1) is 18.1 Å². The minimum absolute atomic E-state index is 0.0836. The van der Waals surface area contributed by atoms with E-state index in [1.54, 1.807) is 53.4 Å². The summed E-state index contributed by atoms with van der Waals surface area (Å²) >= 11 is 0. The van der Waals surface area contributed by atoms with E-state index >= 15 is 0 Å². The molecule has 5 nitrogen and oxygen atoms in total. The van der Waals surface area contributed by atoms with Gasteiger partial charge in [-0.3, -0.25) is 4.79 Å². The highest BCUT2D eigenvalue weighted by atomic mass is 16.5. The molecule has 1 atom stereocenters. The van der Waals surface area contributed by atoms with Crippen molar-refractivity contribution in [1.82, 2.24) is 0 Å². The van der Waals surface area contributed by atoms with Crippen LogP contribution in [0.5, 0.6) is 11.5 Å². The van der Waals surface area contributed by atoms with Crippen LogP contribution in [0.4, 0.5) is 5.69 Å². The zero-order chi connectivity index (χ0) is 21.3. The van der Waals surface area contributed by atoms with Gasteiger partial charge in [-0.1, -0.05) is 46.0 Å². The van der Waals surface area contributed by atoms with Crippen molar-refractivity contribution < 1.29 is 19.1 Å². The average Bonchev–Trinajstić information content (AvgIpc) is 2.77. The molecule has 1 aliphatic heterocycles. The zero-order valence-electron chi connectivity index (χ0n) is 17.9. The first-order valence-corrected chi connectivity index (χ1v) is 10.9. The molecule has 1 amide bonds. The minimum atomic E-state index is -0.418. The number of rotatable bonds is 11. The molecule has 1 saturated heterocycles. The monoisotopic (exact) mass is 409 g/mol. The van der Waals surface area contributed by atoms with Gasteiger partial charge in [-0.25, -0.2) is 4.79 Å². The smallest absolute Gasteiger partial charge is 0.343 e. The van der Waals surface area contributed by atoms with E-state index in [0.29, 0.717) is 17.9 Å². The van der Waals surface area contributed by atoms with Crippen molar-refractivity contribution in [2.45, 2.75) is 52.4 Å².